The molecule has 0 saturated carbocycles. The molecular formula is C20H17NO. The summed E-state index contributed by atoms with van der Waals surface area (Å²) in [6, 6.07) is 23.0. The van der Waals surface area contributed by atoms with Crippen molar-refractivity contribution in [3.63, 3.8) is 0 Å². The number of rotatable bonds is 2. The minimum atomic E-state index is 0.0629. The first kappa shape index (κ1) is 13.1. The number of fused-ring (bicyclic) bond motifs is 1. The topological polar surface area (TPSA) is 22.1 Å². The normalized spacial score (nSPS) is 16.1. The number of benzene rings is 2. The van der Waals surface area contributed by atoms with Crippen molar-refractivity contribution in [1.82, 2.24) is 4.98 Å². The van der Waals surface area contributed by atoms with Crippen molar-refractivity contribution in [3.8, 4) is 17.0 Å². The van der Waals surface area contributed by atoms with E-state index in [1.807, 2.05) is 19.1 Å². The van der Waals surface area contributed by atoms with Crippen molar-refractivity contribution in [1.29, 1.82) is 0 Å². The second-order valence-electron chi connectivity index (χ2n) is 5.68. The average molecular weight is 287 g/mol. The lowest BCUT2D eigenvalue weighted by Gasteiger charge is -2.09. The maximum atomic E-state index is 6.12. The van der Waals surface area contributed by atoms with E-state index in [0.717, 1.165) is 18.0 Å². The molecule has 108 valence electrons. The van der Waals surface area contributed by atoms with Gasteiger partial charge in [-0.3, -0.25) is 0 Å². The van der Waals surface area contributed by atoms with Gasteiger partial charge in [0.1, 0.15) is 6.10 Å². The summed E-state index contributed by atoms with van der Waals surface area (Å²) in [5.41, 5.74) is 5.87. The lowest BCUT2D eigenvalue weighted by atomic mass is 9.96. The van der Waals surface area contributed by atoms with Gasteiger partial charge in [0.25, 0.3) is 0 Å². The van der Waals surface area contributed by atoms with Crippen LogP contribution in [0.5, 0.6) is 5.88 Å². The molecule has 3 aromatic rings. The van der Waals surface area contributed by atoms with Crippen LogP contribution in [-0.4, -0.2) is 4.98 Å². The van der Waals surface area contributed by atoms with Crippen LogP contribution in [0.4, 0.5) is 0 Å². The Morgan fingerprint density at radius 1 is 0.955 bits per heavy atom. The number of pyridine rings is 1. The smallest absolute Gasteiger partial charge is 0.218 e. The summed E-state index contributed by atoms with van der Waals surface area (Å²) in [7, 11) is 0. The molecule has 1 atom stereocenters. The number of nitrogens with zero attached hydrogens (tertiary/aromatic N) is 1. The highest BCUT2D eigenvalue weighted by molar-refractivity contribution is 5.70. The molecule has 0 N–H and O–H groups in total. The van der Waals surface area contributed by atoms with Gasteiger partial charge in [-0.25, -0.2) is 4.98 Å². The van der Waals surface area contributed by atoms with Crippen molar-refractivity contribution in [2.75, 3.05) is 0 Å². The van der Waals surface area contributed by atoms with Gasteiger partial charge in [-0.15, -0.1) is 0 Å². The minimum Gasteiger partial charge on any atom is -0.469 e. The predicted molar refractivity (Wildman–Crippen MR) is 87.9 cm³/mol. The van der Waals surface area contributed by atoms with Crippen molar-refractivity contribution in [3.05, 3.63) is 83.6 Å². The van der Waals surface area contributed by atoms with Gasteiger partial charge in [0.05, 0.1) is 0 Å². The molecule has 1 aliphatic heterocycles. The number of hydrogen-bond donors (Lipinski definition) is 0. The van der Waals surface area contributed by atoms with Crippen LogP contribution in [0.25, 0.3) is 11.1 Å². The summed E-state index contributed by atoms with van der Waals surface area (Å²) in [5.74, 6) is 0.785. The van der Waals surface area contributed by atoms with E-state index in [1.54, 1.807) is 0 Å². The monoisotopic (exact) mass is 287 g/mol. The molecule has 4 rings (SSSR count). The van der Waals surface area contributed by atoms with E-state index in [4.69, 9.17) is 4.74 Å². The lowest BCUT2D eigenvalue weighted by molar-refractivity contribution is 0.230. The van der Waals surface area contributed by atoms with Crippen LogP contribution >= 0.6 is 0 Å². The van der Waals surface area contributed by atoms with Crippen molar-refractivity contribution in [2.45, 2.75) is 19.4 Å². The van der Waals surface area contributed by atoms with Crippen LogP contribution in [-0.2, 0) is 6.42 Å². The van der Waals surface area contributed by atoms with Crippen molar-refractivity contribution in [2.24, 2.45) is 0 Å². The molecule has 0 radical (unpaired) electrons. The first-order chi connectivity index (χ1) is 10.8. The molecule has 2 heteroatoms. The highest BCUT2D eigenvalue weighted by atomic mass is 16.5. The summed E-state index contributed by atoms with van der Waals surface area (Å²) >= 11 is 0. The molecule has 2 nitrogen and oxygen atoms in total. The number of aryl methyl sites for hydroxylation is 1. The first-order valence-electron chi connectivity index (χ1n) is 7.59. The molecule has 2 aromatic carbocycles. The summed E-state index contributed by atoms with van der Waals surface area (Å²) in [5, 5.41) is 0. The highest BCUT2D eigenvalue weighted by Gasteiger charge is 2.28. The highest BCUT2D eigenvalue weighted by Crippen LogP contribution is 2.41. The molecule has 2 heterocycles. The Kier molecular flexibility index (Phi) is 3.15. The van der Waals surface area contributed by atoms with Crippen LogP contribution in [0, 0.1) is 6.92 Å². The molecule has 1 aromatic heterocycles. The third kappa shape index (κ3) is 2.27. The molecule has 0 aliphatic carbocycles. The fraction of sp³-hybridized carbons (Fsp3) is 0.150. The van der Waals surface area contributed by atoms with Crippen molar-refractivity contribution >= 4 is 0 Å². The van der Waals surface area contributed by atoms with Crippen molar-refractivity contribution < 1.29 is 4.74 Å². The zero-order valence-electron chi connectivity index (χ0n) is 12.5. The van der Waals surface area contributed by atoms with E-state index in [9.17, 15) is 0 Å². The molecule has 1 aliphatic rings. The second-order valence-corrected chi connectivity index (χ2v) is 5.68. The number of ether oxygens (including phenoxy) is 1. The van der Waals surface area contributed by atoms with Gasteiger partial charge >= 0.3 is 0 Å². The predicted octanol–water partition coefficient (Wildman–Crippen LogP) is 4.73. The van der Waals surface area contributed by atoms with E-state index in [1.165, 1.54) is 22.3 Å². The van der Waals surface area contributed by atoms with E-state index < -0.39 is 0 Å². The van der Waals surface area contributed by atoms with E-state index in [2.05, 4.69) is 59.6 Å². The SMILES string of the molecule is Cc1cc(-c2ccccc2)c2c(n1)OC(c1ccccc1)C2. The molecule has 0 spiro atoms. The summed E-state index contributed by atoms with van der Waals surface area (Å²) in [4.78, 5) is 4.59. The van der Waals surface area contributed by atoms with Crippen LogP contribution < -0.4 is 4.74 Å². The third-order valence-corrected chi connectivity index (χ3v) is 4.11. The number of aromatic nitrogens is 1. The fourth-order valence-electron chi connectivity index (χ4n) is 3.06. The Labute approximate surface area is 130 Å². The van der Waals surface area contributed by atoms with Gasteiger partial charge < -0.3 is 4.74 Å². The van der Waals surface area contributed by atoms with Gasteiger partial charge in [-0.2, -0.15) is 0 Å². The Morgan fingerprint density at radius 3 is 2.36 bits per heavy atom. The van der Waals surface area contributed by atoms with Crippen LogP contribution in [0.15, 0.2) is 66.7 Å². The Bertz CT molecular complexity index is 797. The van der Waals surface area contributed by atoms with Gasteiger partial charge in [0.2, 0.25) is 5.88 Å². The van der Waals surface area contributed by atoms with Crippen LogP contribution in [0.3, 0.4) is 0 Å². The van der Waals surface area contributed by atoms with Crippen LogP contribution in [0.1, 0.15) is 22.9 Å². The van der Waals surface area contributed by atoms with E-state index in [0.29, 0.717) is 0 Å². The molecule has 0 amide bonds. The van der Waals surface area contributed by atoms with Crippen LogP contribution in [0.2, 0.25) is 0 Å². The van der Waals surface area contributed by atoms with E-state index in [-0.39, 0.29) is 6.10 Å². The Hall–Kier alpha value is -2.61. The largest absolute Gasteiger partial charge is 0.469 e. The summed E-state index contributed by atoms with van der Waals surface area (Å²) in [6.45, 7) is 2.02. The summed E-state index contributed by atoms with van der Waals surface area (Å²) < 4.78 is 6.12. The quantitative estimate of drug-likeness (QED) is 0.679. The van der Waals surface area contributed by atoms with Gasteiger partial charge in [-0.1, -0.05) is 60.7 Å². The maximum absolute atomic E-state index is 6.12. The van der Waals surface area contributed by atoms with Gasteiger partial charge in [0.15, 0.2) is 0 Å². The fourth-order valence-corrected chi connectivity index (χ4v) is 3.06. The number of hydrogen-bond acceptors (Lipinski definition) is 2. The molecule has 1 unspecified atom stereocenters. The maximum Gasteiger partial charge on any atom is 0.218 e. The first-order valence-corrected chi connectivity index (χ1v) is 7.59. The molecule has 22 heavy (non-hydrogen) atoms. The Balaban J connectivity index is 1.78. The van der Waals surface area contributed by atoms with Gasteiger partial charge in [0, 0.05) is 17.7 Å². The second kappa shape index (κ2) is 5.30. The average Bonchev–Trinajstić information content (AvgIpc) is 2.99. The Morgan fingerprint density at radius 2 is 1.64 bits per heavy atom. The third-order valence-electron chi connectivity index (χ3n) is 4.11. The lowest BCUT2D eigenvalue weighted by Crippen LogP contribution is -2.02. The molecular weight excluding hydrogens is 270 g/mol. The molecule has 0 fully saturated rings. The summed E-state index contributed by atoms with van der Waals surface area (Å²) in [6.07, 6.45) is 0.935. The zero-order valence-corrected chi connectivity index (χ0v) is 12.5. The minimum absolute atomic E-state index is 0.0629. The van der Waals surface area contributed by atoms with Gasteiger partial charge in [-0.05, 0) is 29.7 Å². The standard InChI is InChI=1S/C20H17NO/c1-14-12-17(15-8-4-2-5-9-15)18-13-19(22-20(18)21-14)16-10-6-3-7-11-16/h2-12,19H,13H2,1H3. The van der Waals surface area contributed by atoms with E-state index >= 15 is 0 Å². The zero-order chi connectivity index (χ0) is 14.9. The molecule has 0 saturated heterocycles. The molecule has 0 bridgehead atoms.